The van der Waals surface area contributed by atoms with E-state index in [1.165, 1.54) is 4.90 Å². The number of hydrogen-bond donors (Lipinski definition) is 1. The first-order valence-electron chi connectivity index (χ1n) is 8.90. The number of hydrogen-bond acceptors (Lipinski definition) is 4. The van der Waals surface area contributed by atoms with Gasteiger partial charge in [0.05, 0.1) is 11.1 Å². The maximum absolute atomic E-state index is 12.9. The minimum Gasteiger partial charge on any atom is -0.340 e. The molecule has 1 unspecified atom stereocenters. The van der Waals surface area contributed by atoms with Crippen LogP contribution in [0.2, 0.25) is 0 Å². The predicted octanol–water partition coefficient (Wildman–Crippen LogP) is 2.08. The molecule has 0 spiro atoms. The van der Waals surface area contributed by atoms with Crippen molar-refractivity contribution in [2.24, 2.45) is 13.0 Å². The van der Waals surface area contributed by atoms with Gasteiger partial charge in [-0.05, 0) is 31.4 Å². The maximum atomic E-state index is 12.9. The molecule has 0 bridgehead atoms. The average Bonchev–Trinajstić information content (AvgIpc) is 2.98. The monoisotopic (exact) mass is 392 g/mol. The Morgan fingerprint density at radius 1 is 1.26 bits per heavy atom. The van der Waals surface area contributed by atoms with Gasteiger partial charge in [0.2, 0.25) is 15.9 Å². The molecule has 0 aliphatic carbocycles. The lowest BCUT2D eigenvalue weighted by Crippen LogP contribution is -2.47. The molecule has 0 aliphatic rings. The third-order valence-electron chi connectivity index (χ3n) is 4.19. The quantitative estimate of drug-likeness (QED) is 0.745. The summed E-state index contributed by atoms with van der Waals surface area (Å²) in [5, 5.41) is 4.10. The van der Waals surface area contributed by atoms with Gasteiger partial charge in [-0.25, -0.2) is 8.42 Å². The van der Waals surface area contributed by atoms with E-state index < -0.39 is 16.1 Å². The summed E-state index contributed by atoms with van der Waals surface area (Å²) < 4.78 is 29.7. The van der Waals surface area contributed by atoms with E-state index in [4.69, 9.17) is 0 Å². The first kappa shape index (κ1) is 21.1. The zero-order chi connectivity index (χ0) is 20.2. The van der Waals surface area contributed by atoms with Crippen molar-refractivity contribution >= 4 is 15.9 Å². The van der Waals surface area contributed by atoms with Crippen molar-refractivity contribution in [2.75, 3.05) is 7.05 Å². The standard InChI is InChI=1S/C19H28N4O3S/c1-14(2)10-18(19(24)22(4)12-16-11-20-23(5)13-16)21-27(25,26)17-8-6-15(3)7-9-17/h6-9,11,13-14,18,21H,10,12H2,1-5H3. The van der Waals surface area contributed by atoms with Crippen LogP contribution < -0.4 is 4.72 Å². The van der Waals surface area contributed by atoms with Gasteiger partial charge < -0.3 is 4.90 Å². The second-order valence-corrected chi connectivity index (χ2v) is 9.05. The third kappa shape index (κ3) is 5.90. The Labute approximate surface area is 161 Å². The van der Waals surface area contributed by atoms with E-state index in [1.54, 1.807) is 42.2 Å². The molecule has 2 aromatic rings. The summed E-state index contributed by atoms with van der Waals surface area (Å²) in [6, 6.07) is 5.75. The molecule has 1 aromatic carbocycles. The van der Waals surface area contributed by atoms with Gasteiger partial charge in [0.15, 0.2) is 0 Å². The highest BCUT2D eigenvalue weighted by Gasteiger charge is 2.28. The number of rotatable bonds is 8. The lowest BCUT2D eigenvalue weighted by atomic mass is 10.0. The largest absolute Gasteiger partial charge is 0.340 e. The fourth-order valence-electron chi connectivity index (χ4n) is 2.81. The summed E-state index contributed by atoms with van der Waals surface area (Å²) >= 11 is 0. The second kappa shape index (κ2) is 8.67. The molecule has 1 atom stereocenters. The van der Waals surface area contributed by atoms with Crippen LogP contribution in [0.25, 0.3) is 0 Å². The molecule has 0 radical (unpaired) electrons. The van der Waals surface area contributed by atoms with E-state index in [1.807, 2.05) is 34.0 Å². The van der Waals surface area contributed by atoms with Gasteiger partial charge in [0.1, 0.15) is 6.04 Å². The van der Waals surface area contributed by atoms with Crippen LogP contribution in [0.1, 0.15) is 31.4 Å². The van der Waals surface area contributed by atoms with Crippen LogP contribution in [0.5, 0.6) is 0 Å². The van der Waals surface area contributed by atoms with Crippen LogP contribution in [0.3, 0.4) is 0 Å². The number of carbonyl (C=O) groups excluding carboxylic acids is 1. The molecule has 148 valence electrons. The van der Waals surface area contributed by atoms with Gasteiger partial charge in [-0.1, -0.05) is 31.5 Å². The lowest BCUT2D eigenvalue weighted by Gasteiger charge is -2.25. The van der Waals surface area contributed by atoms with Gasteiger partial charge in [-0.2, -0.15) is 9.82 Å². The molecule has 8 heteroatoms. The van der Waals surface area contributed by atoms with E-state index in [2.05, 4.69) is 9.82 Å². The Morgan fingerprint density at radius 2 is 1.89 bits per heavy atom. The number of amides is 1. The van der Waals surface area contributed by atoms with Crippen molar-refractivity contribution in [1.82, 2.24) is 19.4 Å². The van der Waals surface area contributed by atoms with E-state index in [0.717, 1.165) is 11.1 Å². The number of sulfonamides is 1. The molecule has 0 aliphatic heterocycles. The molecule has 0 fully saturated rings. The molecule has 7 nitrogen and oxygen atoms in total. The third-order valence-corrected chi connectivity index (χ3v) is 5.68. The van der Waals surface area contributed by atoms with Crippen molar-refractivity contribution < 1.29 is 13.2 Å². The molecular weight excluding hydrogens is 364 g/mol. The highest BCUT2D eigenvalue weighted by molar-refractivity contribution is 7.89. The summed E-state index contributed by atoms with van der Waals surface area (Å²) in [6.45, 7) is 6.18. The summed E-state index contributed by atoms with van der Waals surface area (Å²) in [5.74, 6) is -0.102. The fraction of sp³-hybridized carbons (Fsp3) is 0.474. The van der Waals surface area contributed by atoms with Crippen LogP contribution in [-0.2, 0) is 28.4 Å². The highest BCUT2D eigenvalue weighted by Crippen LogP contribution is 2.15. The van der Waals surface area contributed by atoms with Gasteiger partial charge >= 0.3 is 0 Å². The highest BCUT2D eigenvalue weighted by atomic mass is 32.2. The summed E-state index contributed by atoms with van der Waals surface area (Å²) in [7, 11) is -0.306. The first-order chi connectivity index (χ1) is 12.6. The molecule has 1 aromatic heterocycles. The van der Waals surface area contributed by atoms with E-state index in [-0.39, 0.29) is 16.7 Å². The molecule has 2 rings (SSSR count). The molecule has 1 heterocycles. The van der Waals surface area contributed by atoms with Gasteiger partial charge in [-0.15, -0.1) is 0 Å². The molecule has 0 saturated heterocycles. The van der Waals surface area contributed by atoms with Crippen LogP contribution in [0.15, 0.2) is 41.6 Å². The minimum atomic E-state index is -3.78. The van der Waals surface area contributed by atoms with E-state index in [0.29, 0.717) is 13.0 Å². The SMILES string of the molecule is Cc1ccc(S(=O)(=O)NC(CC(C)C)C(=O)N(C)Cc2cnn(C)c2)cc1. The number of aromatic nitrogens is 2. The summed E-state index contributed by atoms with van der Waals surface area (Å²) in [5.41, 5.74) is 1.86. The van der Waals surface area contributed by atoms with Crippen molar-refractivity contribution in [3.8, 4) is 0 Å². The minimum absolute atomic E-state index is 0.157. The van der Waals surface area contributed by atoms with Crippen LogP contribution in [-0.4, -0.2) is 42.1 Å². The van der Waals surface area contributed by atoms with Crippen molar-refractivity contribution in [1.29, 1.82) is 0 Å². The van der Waals surface area contributed by atoms with Crippen LogP contribution >= 0.6 is 0 Å². The zero-order valence-electron chi connectivity index (χ0n) is 16.5. The Bertz CT molecular complexity index is 873. The normalized spacial score (nSPS) is 13.0. The van der Waals surface area contributed by atoms with Crippen molar-refractivity contribution in [3.05, 3.63) is 47.8 Å². The number of aryl methyl sites for hydroxylation is 2. The average molecular weight is 393 g/mol. The Hall–Kier alpha value is -2.19. The predicted molar refractivity (Wildman–Crippen MR) is 104 cm³/mol. The maximum Gasteiger partial charge on any atom is 0.241 e. The summed E-state index contributed by atoms with van der Waals surface area (Å²) in [6.07, 6.45) is 3.94. The number of benzene rings is 1. The van der Waals surface area contributed by atoms with E-state index >= 15 is 0 Å². The van der Waals surface area contributed by atoms with Gasteiger partial charge in [0.25, 0.3) is 0 Å². The van der Waals surface area contributed by atoms with Crippen molar-refractivity contribution in [3.63, 3.8) is 0 Å². The molecular formula is C19H28N4O3S. The fourth-order valence-corrected chi connectivity index (χ4v) is 4.02. The number of likely N-dealkylation sites (N-methyl/N-ethyl adjacent to an activating group) is 1. The number of nitrogens with one attached hydrogen (secondary N) is 1. The first-order valence-corrected chi connectivity index (χ1v) is 10.4. The zero-order valence-corrected chi connectivity index (χ0v) is 17.3. The second-order valence-electron chi connectivity index (χ2n) is 7.33. The Balaban J connectivity index is 2.17. The van der Waals surface area contributed by atoms with Gasteiger partial charge in [-0.3, -0.25) is 9.48 Å². The lowest BCUT2D eigenvalue weighted by molar-refractivity contribution is -0.132. The molecule has 1 N–H and O–H groups in total. The van der Waals surface area contributed by atoms with Crippen LogP contribution in [0.4, 0.5) is 0 Å². The van der Waals surface area contributed by atoms with E-state index in [9.17, 15) is 13.2 Å². The van der Waals surface area contributed by atoms with Crippen molar-refractivity contribution in [2.45, 2.75) is 44.7 Å². The van der Waals surface area contributed by atoms with Gasteiger partial charge in [0, 0.05) is 32.4 Å². The molecule has 1 amide bonds. The smallest absolute Gasteiger partial charge is 0.241 e. The molecule has 27 heavy (non-hydrogen) atoms. The molecule has 0 saturated carbocycles. The number of nitrogens with zero attached hydrogens (tertiary/aromatic N) is 3. The Morgan fingerprint density at radius 3 is 2.41 bits per heavy atom. The number of carbonyl (C=O) groups is 1. The topological polar surface area (TPSA) is 84.3 Å². The van der Waals surface area contributed by atoms with Crippen LogP contribution in [0, 0.1) is 12.8 Å². The summed E-state index contributed by atoms with van der Waals surface area (Å²) in [4.78, 5) is 14.6. The Kier molecular flexibility index (Phi) is 6.78.